The number of hydrogen-bond acceptors (Lipinski definition) is 2. The summed E-state index contributed by atoms with van der Waals surface area (Å²) in [6.45, 7) is 5.53. The first-order valence-corrected chi connectivity index (χ1v) is 7.51. The summed E-state index contributed by atoms with van der Waals surface area (Å²) in [5, 5.41) is 8.72. The van der Waals surface area contributed by atoms with Crippen LogP contribution in [0, 0.1) is 19.8 Å². The van der Waals surface area contributed by atoms with Gasteiger partial charge in [0.05, 0.1) is 6.42 Å². The molecule has 1 unspecified atom stereocenters. The second kappa shape index (κ2) is 6.74. The van der Waals surface area contributed by atoms with Crippen LogP contribution in [0.4, 0.5) is 0 Å². The van der Waals surface area contributed by atoms with E-state index in [9.17, 15) is 9.59 Å². The van der Waals surface area contributed by atoms with Gasteiger partial charge in [-0.05, 0) is 43.7 Å². The SMILES string of the molecule is Cc1ccc(C)c(CC(=O)N2CCC(CCC(=O)O)C2)c1. The zero-order valence-electron chi connectivity index (χ0n) is 12.8. The number of aliphatic carboxylic acids is 1. The van der Waals surface area contributed by atoms with E-state index >= 15 is 0 Å². The molecular weight excluding hydrogens is 266 g/mol. The monoisotopic (exact) mass is 289 g/mol. The Balaban J connectivity index is 1.90. The highest BCUT2D eigenvalue weighted by Gasteiger charge is 2.26. The van der Waals surface area contributed by atoms with Crippen LogP contribution in [0.5, 0.6) is 0 Å². The lowest BCUT2D eigenvalue weighted by Crippen LogP contribution is -2.30. The number of carboxylic acids is 1. The molecule has 1 saturated heterocycles. The average molecular weight is 289 g/mol. The van der Waals surface area contributed by atoms with Gasteiger partial charge in [-0.15, -0.1) is 0 Å². The molecule has 21 heavy (non-hydrogen) atoms. The Hall–Kier alpha value is -1.84. The summed E-state index contributed by atoms with van der Waals surface area (Å²) in [4.78, 5) is 24.9. The Morgan fingerprint density at radius 3 is 2.81 bits per heavy atom. The number of carboxylic acid groups (broad SMARTS) is 1. The van der Waals surface area contributed by atoms with Crippen LogP contribution < -0.4 is 0 Å². The zero-order valence-corrected chi connectivity index (χ0v) is 12.8. The van der Waals surface area contributed by atoms with E-state index in [-0.39, 0.29) is 12.3 Å². The van der Waals surface area contributed by atoms with Crippen molar-refractivity contribution in [3.05, 3.63) is 34.9 Å². The van der Waals surface area contributed by atoms with Gasteiger partial charge < -0.3 is 10.0 Å². The normalized spacial score (nSPS) is 18.0. The van der Waals surface area contributed by atoms with Crippen LogP contribution in [0.15, 0.2) is 18.2 Å². The molecule has 0 saturated carbocycles. The standard InChI is InChI=1S/C17H23NO3/c1-12-3-4-13(2)15(9-12)10-16(19)18-8-7-14(11-18)5-6-17(20)21/h3-4,9,14H,5-8,10-11H2,1-2H3,(H,20,21). The minimum absolute atomic E-state index is 0.154. The van der Waals surface area contributed by atoms with Crippen LogP contribution in [0.25, 0.3) is 0 Å². The topological polar surface area (TPSA) is 57.6 Å². The van der Waals surface area contributed by atoms with Crippen molar-refractivity contribution in [1.82, 2.24) is 4.90 Å². The number of hydrogen-bond donors (Lipinski definition) is 1. The summed E-state index contributed by atoms with van der Waals surface area (Å²) < 4.78 is 0. The van der Waals surface area contributed by atoms with Gasteiger partial charge in [-0.3, -0.25) is 9.59 Å². The van der Waals surface area contributed by atoms with Crippen molar-refractivity contribution in [3.8, 4) is 0 Å². The van der Waals surface area contributed by atoms with E-state index < -0.39 is 5.97 Å². The molecule has 1 heterocycles. The van der Waals surface area contributed by atoms with Gasteiger partial charge in [0, 0.05) is 19.5 Å². The van der Waals surface area contributed by atoms with Gasteiger partial charge in [-0.25, -0.2) is 0 Å². The largest absolute Gasteiger partial charge is 0.481 e. The predicted molar refractivity (Wildman–Crippen MR) is 81.2 cm³/mol. The Bertz CT molecular complexity index is 539. The van der Waals surface area contributed by atoms with Crippen LogP contribution in [-0.4, -0.2) is 35.0 Å². The minimum atomic E-state index is -0.754. The van der Waals surface area contributed by atoms with E-state index in [1.54, 1.807) is 0 Å². The molecular formula is C17H23NO3. The summed E-state index contributed by atoms with van der Waals surface area (Å²) in [5.41, 5.74) is 3.41. The lowest BCUT2D eigenvalue weighted by molar-refractivity contribution is -0.137. The zero-order chi connectivity index (χ0) is 15.4. The van der Waals surface area contributed by atoms with Gasteiger partial charge in [0.25, 0.3) is 0 Å². The quantitative estimate of drug-likeness (QED) is 0.906. The highest BCUT2D eigenvalue weighted by molar-refractivity contribution is 5.79. The molecule has 4 heteroatoms. The van der Waals surface area contributed by atoms with E-state index in [1.165, 1.54) is 5.56 Å². The van der Waals surface area contributed by atoms with E-state index in [0.717, 1.165) is 24.1 Å². The van der Waals surface area contributed by atoms with E-state index in [1.807, 2.05) is 18.7 Å². The Labute approximate surface area is 125 Å². The lowest BCUT2D eigenvalue weighted by Gasteiger charge is -2.17. The average Bonchev–Trinajstić information content (AvgIpc) is 2.89. The summed E-state index contributed by atoms with van der Waals surface area (Å²) in [7, 11) is 0. The molecule has 1 amide bonds. The second-order valence-corrected chi connectivity index (χ2v) is 6.03. The molecule has 0 aliphatic carbocycles. The van der Waals surface area contributed by atoms with Crippen molar-refractivity contribution < 1.29 is 14.7 Å². The van der Waals surface area contributed by atoms with Crippen molar-refractivity contribution in [1.29, 1.82) is 0 Å². The summed E-state index contributed by atoms with van der Waals surface area (Å²) >= 11 is 0. The third-order valence-corrected chi connectivity index (χ3v) is 4.25. The van der Waals surface area contributed by atoms with E-state index in [2.05, 4.69) is 18.2 Å². The highest BCUT2D eigenvalue weighted by atomic mass is 16.4. The molecule has 2 rings (SSSR count). The number of rotatable bonds is 5. The van der Waals surface area contributed by atoms with Gasteiger partial charge >= 0.3 is 5.97 Å². The first-order chi connectivity index (χ1) is 9.95. The molecule has 0 spiro atoms. The predicted octanol–water partition coefficient (Wildman–Crippen LogP) is 2.56. The number of carbonyl (C=O) groups excluding carboxylic acids is 1. The highest BCUT2D eigenvalue weighted by Crippen LogP contribution is 2.22. The van der Waals surface area contributed by atoms with Gasteiger partial charge in [-0.1, -0.05) is 23.8 Å². The summed E-state index contributed by atoms with van der Waals surface area (Å²) in [6, 6.07) is 6.18. The number of amides is 1. The van der Waals surface area contributed by atoms with Crippen LogP contribution in [0.2, 0.25) is 0 Å². The van der Waals surface area contributed by atoms with Crippen LogP contribution in [-0.2, 0) is 16.0 Å². The van der Waals surface area contributed by atoms with Crippen molar-refractivity contribution in [3.63, 3.8) is 0 Å². The molecule has 1 aliphatic heterocycles. The minimum Gasteiger partial charge on any atom is -0.481 e. The molecule has 1 N–H and O–H groups in total. The third-order valence-electron chi connectivity index (χ3n) is 4.25. The van der Waals surface area contributed by atoms with Crippen LogP contribution in [0.3, 0.4) is 0 Å². The fourth-order valence-corrected chi connectivity index (χ4v) is 2.89. The van der Waals surface area contributed by atoms with Gasteiger partial charge in [0.15, 0.2) is 0 Å². The molecule has 0 bridgehead atoms. The molecule has 1 fully saturated rings. The molecule has 1 aromatic rings. The maximum Gasteiger partial charge on any atom is 0.303 e. The lowest BCUT2D eigenvalue weighted by atomic mass is 10.0. The Morgan fingerprint density at radius 1 is 1.33 bits per heavy atom. The van der Waals surface area contributed by atoms with Gasteiger partial charge in [0.2, 0.25) is 5.91 Å². The molecule has 4 nitrogen and oxygen atoms in total. The molecule has 0 aromatic heterocycles. The first kappa shape index (κ1) is 15.5. The summed E-state index contributed by atoms with van der Waals surface area (Å²) in [6.07, 6.45) is 2.23. The molecule has 1 aliphatic rings. The van der Waals surface area contributed by atoms with Crippen LogP contribution in [0.1, 0.15) is 36.0 Å². The van der Waals surface area contributed by atoms with Crippen molar-refractivity contribution in [2.75, 3.05) is 13.1 Å². The fourth-order valence-electron chi connectivity index (χ4n) is 2.89. The van der Waals surface area contributed by atoms with Crippen molar-refractivity contribution in [2.24, 2.45) is 5.92 Å². The molecule has 1 aromatic carbocycles. The Kier molecular flexibility index (Phi) is 4.99. The number of benzene rings is 1. The van der Waals surface area contributed by atoms with Crippen LogP contribution >= 0.6 is 0 Å². The Morgan fingerprint density at radius 2 is 2.10 bits per heavy atom. The second-order valence-electron chi connectivity index (χ2n) is 6.03. The first-order valence-electron chi connectivity index (χ1n) is 7.51. The molecule has 1 atom stereocenters. The van der Waals surface area contributed by atoms with Crippen molar-refractivity contribution in [2.45, 2.75) is 39.5 Å². The molecule has 0 radical (unpaired) electrons. The molecule has 114 valence electrons. The van der Waals surface area contributed by atoms with Gasteiger partial charge in [0.1, 0.15) is 0 Å². The maximum absolute atomic E-state index is 12.4. The van der Waals surface area contributed by atoms with E-state index in [0.29, 0.717) is 25.3 Å². The maximum atomic E-state index is 12.4. The summed E-state index contributed by atoms with van der Waals surface area (Å²) in [5.74, 6) is -0.264. The number of carbonyl (C=O) groups is 2. The number of nitrogens with zero attached hydrogens (tertiary/aromatic N) is 1. The third kappa shape index (κ3) is 4.31. The number of likely N-dealkylation sites (tertiary alicyclic amines) is 1. The van der Waals surface area contributed by atoms with Crippen molar-refractivity contribution >= 4 is 11.9 Å². The smallest absolute Gasteiger partial charge is 0.303 e. The van der Waals surface area contributed by atoms with Gasteiger partial charge in [-0.2, -0.15) is 0 Å². The fraction of sp³-hybridized carbons (Fsp3) is 0.529. The van der Waals surface area contributed by atoms with E-state index in [4.69, 9.17) is 5.11 Å². The number of aryl methyl sites for hydroxylation is 2.